The van der Waals surface area contributed by atoms with E-state index >= 15 is 0 Å². The molecule has 2 aromatic carbocycles. The van der Waals surface area contributed by atoms with Gasteiger partial charge in [-0.3, -0.25) is 0 Å². The lowest BCUT2D eigenvalue weighted by Gasteiger charge is -2.25. The highest BCUT2D eigenvalue weighted by atomic mass is 35.5. The van der Waals surface area contributed by atoms with Crippen LogP contribution in [-0.4, -0.2) is 42.6 Å². The molecule has 1 N–H and O–H groups in total. The third-order valence-electron chi connectivity index (χ3n) is 4.74. The molecule has 0 bridgehead atoms. The zero-order valence-electron chi connectivity index (χ0n) is 16.1. The van der Waals surface area contributed by atoms with E-state index in [1.165, 1.54) is 0 Å². The van der Waals surface area contributed by atoms with Crippen LogP contribution in [0.1, 0.15) is 24.5 Å². The summed E-state index contributed by atoms with van der Waals surface area (Å²) in [6, 6.07) is 13.1. The number of carbonyl (C=O) groups is 1. The second-order valence-corrected chi connectivity index (χ2v) is 7.32. The summed E-state index contributed by atoms with van der Waals surface area (Å²) in [7, 11) is 0. The average Bonchev–Trinajstić information content (AvgIpc) is 3.36. The first-order valence-corrected chi connectivity index (χ1v) is 9.90. The minimum atomic E-state index is -0.225. The van der Waals surface area contributed by atoms with Gasteiger partial charge >= 0.3 is 6.03 Å². The van der Waals surface area contributed by atoms with Crippen molar-refractivity contribution in [3.63, 3.8) is 0 Å². The molecule has 152 valence electrons. The predicted molar refractivity (Wildman–Crippen MR) is 110 cm³/mol. The van der Waals surface area contributed by atoms with Gasteiger partial charge in [-0.2, -0.15) is 0 Å². The molecule has 2 aliphatic heterocycles. The molecule has 2 aromatic rings. The molecular formula is C21H22ClN3O4. The quantitative estimate of drug-likeness (QED) is 0.779. The monoisotopic (exact) mass is 415 g/mol. The number of nitrogens with zero attached hydrogens (tertiary/aromatic N) is 2. The van der Waals surface area contributed by atoms with E-state index in [0.29, 0.717) is 36.8 Å². The number of amides is 2. The summed E-state index contributed by atoms with van der Waals surface area (Å²) in [5.41, 5.74) is 2.71. The lowest BCUT2D eigenvalue weighted by molar-refractivity contribution is 0.0590. The van der Waals surface area contributed by atoms with Crippen molar-refractivity contribution in [1.82, 2.24) is 10.2 Å². The Bertz CT molecular complexity index is 934. The Hall–Kier alpha value is -2.93. The number of rotatable bonds is 6. The number of hydrogen-bond acceptors (Lipinski definition) is 5. The van der Waals surface area contributed by atoms with Crippen LogP contribution in [0.25, 0.3) is 0 Å². The summed E-state index contributed by atoms with van der Waals surface area (Å²) in [4.78, 5) is 19.9. The Balaban J connectivity index is 1.42. The Morgan fingerprint density at radius 1 is 1.24 bits per heavy atom. The van der Waals surface area contributed by atoms with E-state index in [0.717, 1.165) is 22.6 Å². The van der Waals surface area contributed by atoms with Gasteiger partial charge in [-0.05, 0) is 42.8 Å². The smallest absolute Gasteiger partial charge is 0.317 e. The van der Waals surface area contributed by atoms with Crippen molar-refractivity contribution in [3.8, 4) is 11.5 Å². The van der Waals surface area contributed by atoms with Crippen LogP contribution in [0.3, 0.4) is 0 Å². The number of nitrogens with one attached hydrogen (secondary N) is 1. The van der Waals surface area contributed by atoms with Crippen molar-refractivity contribution in [2.75, 3.05) is 19.9 Å². The molecule has 2 aliphatic rings. The maximum Gasteiger partial charge on any atom is 0.317 e. The van der Waals surface area contributed by atoms with E-state index in [4.69, 9.17) is 25.9 Å². The van der Waals surface area contributed by atoms with Crippen LogP contribution in [0.2, 0.25) is 5.02 Å². The summed E-state index contributed by atoms with van der Waals surface area (Å²) in [6.07, 6.45) is 0.377. The van der Waals surface area contributed by atoms with Gasteiger partial charge < -0.3 is 24.5 Å². The normalized spacial score (nSPS) is 16.9. The highest BCUT2D eigenvalue weighted by Crippen LogP contribution is 2.33. The van der Waals surface area contributed by atoms with Crippen LogP contribution in [0, 0.1) is 0 Å². The molecule has 0 saturated carbocycles. The molecule has 0 fully saturated rings. The van der Waals surface area contributed by atoms with Crippen molar-refractivity contribution in [1.29, 1.82) is 0 Å². The van der Waals surface area contributed by atoms with Gasteiger partial charge in [-0.25, -0.2) is 4.79 Å². The van der Waals surface area contributed by atoms with Gasteiger partial charge in [-0.15, -0.1) is 0 Å². The number of urea groups is 1. The third kappa shape index (κ3) is 4.56. The van der Waals surface area contributed by atoms with Crippen molar-refractivity contribution in [2.45, 2.75) is 26.0 Å². The first-order valence-electron chi connectivity index (χ1n) is 9.52. The fourth-order valence-electron chi connectivity index (χ4n) is 3.36. The molecule has 2 amide bonds. The maximum absolute atomic E-state index is 12.6. The molecule has 7 nitrogen and oxygen atoms in total. The predicted octanol–water partition coefficient (Wildman–Crippen LogP) is 3.79. The molecule has 0 spiro atoms. The molecule has 0 aromatic heterocycles. The number of halogens is 1. The topological polar surface area (TPSA) is 72.4 Å². The summed E-state index contributed by atoms with van der Waals surface area (Å²) in [6.45, 7) is 3.52. The summed E-state index contributed by atoms with van der Waals surface area (Å²) in [5.74, 6) is 1.44. The second kappa shape index (κ2) is 8.61. The lowest BCUT2D eigenvalue weighted by atomic mass is 10.0. The molecule has 2 heterocycles. The van der Waals surface area contributed by atoms with Gasteiger partial charge in [0.1, 0.15) is 0 Å². The number of benzene rings is 2. The summed E-state index contributed by atoms with van der Waals surface area (Å²) < 4.78 is 10.8. The first kappa shape index (κ1) is 19.4. The fourth-order valence-corrected chi connectivity index (χ4v) is 3.57. The minimum absolute atomic E-state index is 0.146. The standard InChI is InChI=1S/C21H22ClN3O4/c1-2-23-21(26)25(11-14-4-3-5-16(22)8-14)12-17-10-18(24-29-17)15-6-7-19-20(9-15)28-13-27-19/h3-9,17H,2,10-13H2,1H3,(H,23,26)/t17-/m0/s1. The van der Waals surface area contributed by atoms with Crippen molar-refractivity contribution >= 4 is 23.3 Å². The lowest BCUT2D eigenvalue weighted by Crippen LogP contribution is -2.43. The van der Waals surface area contributed by atoms with Gasteiger partial charge in [0.25, 0.3) is 0 Å². The van der Waals surface area contributed by atoms with Crippen LogP contribution >= 0.6 is 11.6 Å². The minimum Gasteiger partial charge on any atom is -0.454 e. The summed E-state index contributed by atoms with van der Waals surface area (Å²) >= 11 is 6.09. The Morgan fingerprint density at radius 2 is 2.10 bits per heavy atom. The summed E-state index contributed by atoms with van der Waals surface area (Å²) in [5, 5.41) is 7.73. The van der Waals surface area contributed by atoms with Gasteiger partial charge in [0.15, 0.2) is 17.6 Å². The molecule has 8 heteroatoms. The van der Waals surface area contributed by atoms with Gasteiger partial charge in [0, 0.05) is 30.1 Å². The highest BCUT2D eigenvalue weighted by molar-refractivity contribution is 6.30. The van der Waals surface area contributed by atoms with Gasteiger partial charge in [0.05, 0.1) is 12.3 Å². The number of hydrogen-bond donors (Lipinski definition) is 1. The van der Waals surface area contributed by atoms with Crippen molar-refractivity contribution in [2.24, 2.45) is 5.16 Å². The number of fused-ring (bicyclic) bond motifs is 1. The van der Waals surface area contributed by atoms with E-state index in [1.807, 2.05) is 49.4 Å². The van der Waals surface area contributed by atoms with E-state index in [2.05, 4.69) is 10.5 Å². The van der Waals surface area contributed by atoms with E-state index in [-0.39, 0.29) is 18.9 Å². The number of ether oxygens (including phenoxy) is 2. The molecule has 0 saturated heterocycles. The molecule has 0 radical (unpaired) electrons. The highest BCUT2D eigenvalue weighted by Gasteiger charge is 2.27. The molecule has 1 atom stereocenters. The molecule has 0 unspecified atom stereocenters. The SMILES string of the molecule is CCNC(=O)N(Cc1cccc(Cl)c1)C[C@@H]1CC(c2ccc3c(c2)OCO3)=NO1. The zero-order valence-corrected chi connectivity index (χ0v) is 16.8. The van der Waals surface area contributed by atoms with Gasteiger partial charge in [-0.1, -0.05) is 28.9 Å². The van der Waals surface area contributed by atoms with Crippen LogP contribution in [0.4, 0.5) is 4.79 Å². The number of carbonyl (C=O) groups excluding carboxylic acids is 1. The largest absolute Gasteiger partial charge is 0.454 e. The Labute approximate surface area is 174 Å². The van der Waals surface area contributed by atoms with E-state index < -0.39 is 0 Å². The first-order chi connectivity index (χ1) is 14.1. The Morgan fingerprint density at radius 3 is 2.93 bits per heavy atom. The van der Waals surface area contributed by atoms with E-state index in [9.17, 15) is 4.79 Å². The van der Waals surface area contributed by atoms with Crippen molar-refractivity contribution < 1.29 is 19.1 Å². The maximum atomic E-state index is 12.6. The van der Waals surface area contributed by atoms with Crippen molar-refractivity contribution in [3.05, 3.63) is 58.6 Å². The molecule has 4 rings (SSSR count). The third-order valence-corrected chi connectivity index (χ3v) is 4.98. The van der Waals surface area contributed by atoms with Crippen LogP contribution in [0.5, 0.6) is 11.5 Å². The van der Waals surface area contributed by atoms with Crippen LogP contribution in [-0.2, 0) is 11.4 Å². The van der Waals surface area contributed by atoms with Gasteiger partial charge in [0.2, 0.25) is 6.79 Å². The molecule has 0 aliphatic carbocycles. The second-order valence-electron chi connectivity index (χ2n) is 6.88. The zero-order chi connectivity index (χ0) is 20.2. The van der Waals surface area contributed by atoms with E-state index in [1.54, 1.807) is 4.90 Å². The Kier molecular flexibility index (Phi) is 5.76. The molecular weight excluding hydrogens is 394 g/mol. The number of oxime groups is 1. The average molecular weight is 416 g/mol. The van der Waals surface area contributed by atoms with Crippen LogP contribution in [0.15, 0.2) is 47.6 Å². The molecule has 29 heavy (non-hydrogen) atoms. The van der Waals surface area contributed by atoms with Crippen LogP contribution < -0.4 is 14.8 Å². The fraction of sp³-hybridized carbons (Fsp3) is 0.333.